The van der Waals surface area contributed by atoms with Crippen molar-refractivity contribution in [1.82, 2.24) is 9.97 Å². The van der Waals surface area contributed by atoms with E-state index in [9.17, 15) is 5.11 Å². The Morgan fingerprint density at radius 1 is 1.24 bits per heavy atom. The van der Waals surface area contributed by atoms with Crippen LogP contribution in [-0.4, -0.2) is 15.1 Å². The molecule has 0 aliphatic rings. The van der Waals surface area contributed by atoms with E-state index in [1.54, 1.807) is 30.3 Å². The summed E-state index contributed by atoms with van der Waals surface area (Å²) in [7, 11) is 0. The van der Waals surface area contributed by atoms with Crippen molar-refractivity contribution in [1.29, 1.82) is 0 Å². The van der Waals surface area contributed by atoms with Crippen LogP contribution in [0.4, 0.5) is 5.82 Å². The lowest BCUT2D eigenvalue weighted by Crippen LogP contribution is -2.04. The fourth-order valence-corrected chi connectivity index (χ4v) is 1.58. The van der Waals surface area contributed by atoms with Crippen LogP contribution < -0.4 is 5.32 Å². The summed E-state index contributed by atoms with van der Waals surface area (Å²) in [5, 5.41) is 13.1. The molecule has 2 aromatic heterocycles. The first-order valence-corrected chi connectivity index (χ1v) is 5.55. The van der Waals surface area contributed by atoms with Crippen LogP contribution in [0.1, 0.15) is 11.4 Å². The van der Waals surface area contributed by atoms with Gasteiger partial charge in [-0.15, -0.1) is 0 Å². The second-order valence-corrected chi connectivity index (χ2v) is 4.00. The number of nitrogens with one attached hydrogen (secondary N) is 1. The van der Waals surface area contributed by atoms with Crippen LogP contribution in [0, 0.1) is 6.92 Å². The van der Waals surface area contributed by atoms with Crippen molar-refractivity contribution in [2.75, 3.05) is 5.32 Å². The van der Waals surface area contributed by atoms with Gasteiger partial charge in [-0.3, -0.25) is 4.98 Å². The van der Waals surface area contributed by atoms with Crippen LogP contribution in [0.25, 0.3) is 0 Å². The number of rotatable bonds is 3. The number of hydrogen-bond acceptors (Lipinski definition) is 4. The van der Waals surface area contributed by atoms with E-state index in [1.807, 2.05) is 6.92 Å². The summed E-state index contributed by atoms with van der Waals surface area (Å²) < 4.78 is 0. The summed E-state index contributed by atoms with van der Waals surface area (Å²) >= 11 is 5.77. The fourth-order valence-electron chi connectivity index (χ4n) is 1.41. The van der Waals surface area contributed by atoms with Crippen LogP contribution in [0.15, 0.2) is 30.3 Å². The zero-order chi connectivity index (χ0) is 12.3. The van der Waals surface area contributed by atoms with Gasteiger partial charge in [0, 0.05) is 5.69 Å². The predicted molar refractivity (Wildman–Crippen MR) is 67.2 cm³/mol. The highest BCUT2D eigenvalue weighted by Gasteiger charge is 2.03. The average Bonchev–Trinajstić information content (AvgIpc) is 2.30. The predicted octanol–water partition coefficient (Wildman–Crippen LogP) is 2.76. The summed E-state index contributed by atoms with van der Waals surface area (Å²) in [5.74, 6) is 0.824. The lowest BCUT2D eigenvalue weighted by Gasteiger charge is -2.07. The highest BCUT2D eigenvalue weighted by molar-refractivity contribution is 6.29. The normalized spacial score (nSPS) is 10.2. The molecular weight excluding hydrogens is 238 g/mol. The molecule has 4 nitrogen and oxygen atoms in total. The number of aromatic hydroxyl groups is 1. The van der Waals surface area contributed by atoms with Crippen molar-refractivity contribution >= 4 is 17.4 Å². The van der Waals surface area contributed by atoms with Gasteiger partial charge < -0.3 is 10.4 Å². The first-order valence-electron chi connectivity index (χ1n) is 5.17. The Hall–Kier alpha value is -1.81. The lowest BCUT2D eigenvalue weighted by atomic mass is 10.3. The van der Waals surface area contributed by atoms with Gasteiger partial charge in [0.1, 0.15) is 22.4 Å². The van der Waals surface area contributed by atoms with E-state index in [0.717, 1.165) is 5.69 Å². The van der Waals surface area contributed by atoms with Crippen molar-refractivity contribution in [3.63, 3.8) is 0 Å². The lowest BCUT2D eigenvalue weighted by molar-refractivity contribution is 0.464. The van der Waals surface area contributed by atoms with E-state index in [4.69, 9.17) is 11.6 Å². The van der Waals surface area contributed by atoms with Gasteiger partial charge in [-0.05, 0) is 31.2 Å². The second kappa shape index (κ2) is 5.01. The van der Waals surface area contributed by atoms with E-state index in [-0.39, 0.29) is 5.75 Å². The minimum absolute atomic E-state index is 0.171. The standard InChI is InChI=1S/C12H12ClN3O/c1-8-5-6-10(17)9(15-8)7-14-12-4-2-3-11(13)16-12/h2-6,17H,7H2,1H3,(H,14,16). The largest absolute Gasteiger partial charge is 0.506 e. The number of aromatic nitrogens is 2. The molecule has 0 spiro atoms. The van der Waals surface area contributed by atoms with E-state index in [1.165, 1.54) is 0 Å². The maximum absolute atomic E-state index is 9.62. The molecule has 2 rings (SSSR count). The summed E-state index contributed by atoms with van der Waals surface area (Å²) in [5.41, 5.74) is 1.45. The zero-order valence-corrected chi connectivity index (χ0v) is 10.1. The summed E-state index contributed by atoms with van der Waals surface area (Å²) in [6.45, 7) is 2.28. The molecule has 0 unspecified atom stereocenters. The summed E-state index contributed by atoms with van der Waals surface area (Å²) in [6, 6.07) is 8.70. The Kier molecular flexibility index (Phi) is 3.44. The molecule has 0 aliphatic carbocycles. The average molecular weight is 250 g/mol. The number of anilines is 1. The van der Waals surface area contributed by atoms with Crippen molar-refractivity contribution in [2.24, 2.45) is 0 Å². The third kappa shape index (κ3) is 3.07. The summed E-state index contributed by atoms with van der Waals surface area (Å²) in [4.78, 5) is 8.32. The van der Waals surface area contributed by atoms with Gasteiger partial charge in [0.05, 0.1) is 6.54 Å². The van der Waals surface area contributed by atoms with Gasteiger partial charge in [-0.2, -0.15) is 0 Å². The first-order chi connectivity index (χ1) is 8.15. The number of pyridine rings is 2. The van der Waals surface area contributed by atoms with Crippen LogP contribution in [0.2, 0.25) is 5.15 Å². The van der Waals surface area contributed by atoms with E-state index in [2.05, 4.69) is 15.3 Å². The van der Waals surface area contributed by atoms with E-state index in [0.29, 0.717) is 23.2 Å². The molecule has 88 valence electrons. The fraction of sp³-hybridized carbons (Fsp3) is 0.167. The van der Waals surface area contributed by atoms with Gasteiger partial charge in [0.2, 0.25) is 0 Å². The molecule has 0 fully saturated rings. The Morgan fingerprint density at radius 3 is 2.82 bits per heavy atom. The van der Waals surface area contributed by atoms with Gasteiger partial charge in [0.25, 0.3) is 0 Å². The molecule has 0 saturated carbocycles. The number of hydrogen-bond donors (Lipinski definition) is 2. The molecule has 0 amide bonds. The minimum Gasteiger partial charge on any atom is -0.506 e. The van der Waals surface area contributed by atoms with Crippen LogP contribution in [-0.2, 0) is 6.54 Å². The Balaban J connectivity index is 2.09. The molecule has 2 heterocycles. The highest BCUT2D eigenvalue weighted by atomic mass is 35.5. The zero-order valence-electron chi connectivity index (χ0n) is 9.31. The second-order valence-electron chi connectivity index (χ2n) is 3.62. The Morgan fingerprint density at radius 2 is 2.06 bits per heavy atom. The van der Waals surface area contributed by atoms with Crippen molar-refractivity contribution < 1.29 is 5.11 Å². The van der Waals surface area contributed by atoms with Crippen molar-refractivity contribution in [2.45, 2.75) is 13.5 Å². The number of halogens is 1. The van der Waals surface area contributed by atoms with E-state index < -0.39 is 0 Å². The van der Waals surface area contributed by atoms with Crippen molar-refractivity contribution in [3.05, 3.63) is 46.9 Å². The molecular formula is C12H12ClN3O. The molecule has 17 heavy (non-hydrogen) atoms. The molecule has 0 aliphatic heterocycles. The van der Waals surface area contributed by atoms with Crippen LogP contribution in [0.3, 0.4) is 0 Å². The molecule has 0 aromatic carbocycles. The van der Waals surface area contributed by atoms with E-state index >= 15 is 0 Å². The monoisotopic (exact) mass is 249 g/mol. The molecule has 5 heteroatoms. The van der Waals surface area contributed by atoms with Crippen LogP contribution >= 0.6 is 11.6 Å². The molecule has 0 bridgehead atoms. The highest BCUT2D eigenvalue weighted by Crippen LogP contribution is 2.16. The first kappa shape index (κ1) is 11.7. The van der Waals surface area contributed by atoms with Gasteiger partial charge in [-0.25, -0.2) is 4.98 Å². The third-order valence-electron chi connectivity index (χ3n) is 2.24. The van der Waals surface area contributed by atoms with Gasteiger partial charge in [-0.1, -0.05) is 17.7 Å². The van der Waals surface area contributed by atoms with Crippen LogP contribution in [0.5, 0.6) is 5.75 Å². The Labute approximate surface area is 104 Å². The van der Waals surface area contributed by atoms with Gasteiger partial charge >= 0.3 is 0 Å². The quantitative estimate of drug-likeness (QED) is 0.822. The number of nitrogens with zero attached hydrogens (tertiary/aromatic N) is 2. The van der Waals surface area contributed by atoms with Gasteiger partial charge in [0.15, 0.2) is 0 Å². The molecule has 0 atom stereocenters. The SMILES string of the molecule is Cc1ccc(O)c(CNc2cccc(Cl)n2)n1. The van der Waals surface area contributed by atoms with Crippen molar-refractivity contribution in [3.8, 4) is 5.75 Å². The summed E-state index contributed by atoms with van der Waals surface area (Å²) in [6.07, 6.45) is 0. The molecule has 0 saturated heterocycles. The maximum Gasteiger partial charge on any atom is 0.138 e. The topological polar surface area (TPSA) is 58.0 Å². The molecule has 2 N–H and O–H groups in total. The third-order valence-corrected chi connectivity index (χ3v) is 2.45. The minimum atomic E-state index is 0.171. The maximum atomic E-state index is 9.62. The number of aryl methyl sites for hydroxylation is 1. The molecule has 0 radical (unpaired) electrons. The Bertz CT molecular complexity index is 531. The molecule has 2 aromatic rings. The smallest absolute Gasteiger partial charge is 0.138 e.